The summed E-state index contributed by atoms with van der Waals surface area (Å²) in [6.45, 7) is 4.72. The van der Waals surface area contributed by atoms with Gasteiger partial charge in [-0.1, -0.05) is 159 Å². The summed E-state index contributed by atoms with van der Waals surface area (Å²) in [5.74, 6) is 0. The Bertz CT molecular complexity index is 2500. The van der Waals surface area contributed by atoms with Crippen LogP contribution in [0.4, 0.5) is 34.1 Å². The molecule has 8 aromatic rings. The molecule has 55 heavy (non-hydrogen) atoms. The largest absolute Gasteiger partial charge is 0.311 e. The summed E-state index contributed by atoms with van der Waals surface area (Å²) in [5, 5.41) is 0. The van der Waals surface area contributed by atoms with Crippen LogP contribution in [0.3, 0.4) is 0 Å². The zero-order valence-corrected chi connectivity index (χ0v) is 31.2. The first-order valence-corrected chi connectivity index (χ1v) is 19.0. The fraction of sp³-hybridized carbons (Fsp3) is 0.0566. The summed E-state index contributed by atoms with van der Waals surface area (Å²) in [6, 6.07) is 73.9. The molecule has 0 saturated carbocycles. The molecule has 0 radical (unpaired) electrons. The van der Waals surface area contributed by atoms with Gasteiger partial charge < -0.3 is 9.80 Å². The highest BCUT2D eigenvalue weighted by Crippen LogP contribution is 2.51. The van der Waals surface area contributed by atoms with Crippen LogP contribution in [0.25, 0.3) is 34.4 Å². The Morgan fingerprint density at radius 3 is 1.16 bits per heavy atom. The molecular weight excluding hydrogens is 665 g/mol. The van der Waals surface area contributed by atoms with Gasteiger partial charge in [-0.2, -0.15) is 0 Å². The predicted molar refractivity (Wildman–Crippen MR) is 234 cm³/mol. The van der Waals surface area contributed by atoms with Crippen LogP contribution in [0.15, 0.2) is 206 Å². The minimum absolute atomic E-state index is 0.139. The summed E-state index contributed by atoms with van der Waals surface area (Å²) in [6.07, 6.45) is 4.46. The maximum atomic E-state index is 2.39. The van der Waals surface area contributed by atoms with E-state index >= 15 is 0 Å². The molecule has 0 aromatic heterocycles. The molecule has 0 fully saturated rings. The maximum Gasteiger partial charge on any atom is 0.0465 e. The van der Waals surface area contributed by atoms with Crippen LogP contribution < -0.4 is 9.80 Å². The van der Waals surface area contributed by atoms with Crippen LogP contribution in [0.2, 0.25) is 0 Å². The van der Waals surface area contributed by atoms with Crippen molar-refractivity contribution >= 4 is 46.3 Å². The Hall–Kier alpha value is -6.90. The normalized spacial score (nSPS) is 12.6. The third kappa shape index (κ3) is 6.64. The molecule has 2 nitrogen and oxygen atoms in total. The molecule has 0 heterocycles. The van der Waals surface area contributed by atoms with Crippen molar-refractivity contribution in [2.45, 2.75) is 19.3 Å². The van der Waals surface area contributed by atoms with E-state index in [1.165, 1.54) is 44.5 Å². The molecule has 0 saturated heterocycles. The molecule has 9 rings (SSSR count). The van der Waals surface area contributed by atoms with Crippen molar-refractivity contribution in [3.63, 3.8) is 0 Å². The standard InChI is InChI=1S/C53H42N2/c1-53(2)51-37-40(27-35-49(51)50-36-34-48(38-52(50)53)55(45-19-11-5-12-20-45)46-21-13-6-14-22-46)24-23-39-25-28-41(29-26-39)42-30-32-47(33-31-42)54(43-15-7-3-8-16-43)44-17-9-4-10-18-44/h3-38H,1-2H3. The van der Waals surface area contributed by atoms with Gasteiger partial charge in [0.1, 0.15) is 0 Å². The first-order chi connectivity index (χ1) is 27.0. The Morgan fingerprint density at radius 1 is 0.327 bits per heavy atom. The van der Waals surface area contributed by atoms with Gasteiger partial charge in [0.2, 0.25) is 0 Å². The van der Waals surface area contributed by atoms with Crippen LogP contribution in [-0.4, -0.2) is 0 Å². The van der Waals surface area contributed by atoms with Crippen LogP contribution in [-0.2, 0) is 5.41 Å². The molecule has 0 unspecified atom stereocenters. The van der Waals surface area contributed by atoms with Crippen molar-refractivity contribution in [2.75, 3.05) is 9.80 Å². The van der Waals surface area contributed by atoms with Gasteiger partial charge in [0.05, 0.1) is 0 Å². The Morgan fingerprint density at radius 2 is 0.673 bits per heavy atom. The Labute approximate surface area is 324 Å². The fourth-order valence-electron chi connectivity index (χ4n) is 7.97. The molecule has 264 valence electrons. The maximum absolute atomic E-state index is 2.39. The van der Waals surface area contributed by atoms with Gasteiger partial charge >= 0.3 is 0 Å². The van der Waals surface area contributed by atoms with Crippen molar-refractivity contribution in [2.24, 2.45) is 0 Å². The summed E-state index contributed by atoms with van der Waals surface area (Å²) >= 11 is 0. The second kappa shape index (κ2) is 14.5. The molecule has 0 spiro atoms. The summed E-state index contributed by atoms with van der Waals surface area (Å²) in [5.41, 5.74) is 16.9. The highest BCUT2D eigenvalue weighted by Gasteiger charge is 2.36. The predicted octanol–water partition coefficient (Wildman–Crippen LogP) is 14.8. The van der Waals surface area contributed by atoms with E-state index in [0.29, 0.717) is 0 Å². The minimum Gasteiger partial charge on any atom is -0.311 e. The lowest BCUT2D eigenvalue weighted by molar-refractivity contribution is 0.660. The number of anilines is 6. The third-order valence-electron chi connectivity index (χ3n) is 10.8. The molecule has 1 aliphatic rings. The van der Waals surface area contributed by atoms with Crippen LogP contribution >= 0.6 is 0 Å². The van der Waals surface area contributed by atoms with Gasteiger partial charge in [0.25, 0.3) is 0 Å². The van der Waals surface area contributed by atoms with Crippen molar-refractivity contribution in [1.82, 2.24) is 0 Å². The lowest BCUT2D eigenvalue weighted by Gasteiger charge is -2.28. The fourth-order valence-corrected chi connectivity index (χ4v) is 7.97. The van der Waals surface area contributed by atoms with Crippen LogP contribution in [0.5, 0.6) is 0 Å². The highest BCUT2D eigenvalue weighted by atomic mass is 15.1. The lowest BCUT2D eigenvalue weighted by atomic mass is 9.81. The minimum atomic E-state index is -0.139. The highest BCUT2D eigenvalue weighted by molar-refractivity contribution is 5.87. The van der Waals surface area contributed by atoms with Crippen molar-refractivity contribution < 1.29 is 0 Å². The van der Waals surface area contributed by atoms with Gasteiger partial charge in [0.15, 0.2) is 0 Å². The molecule has 0 atom stereocenters. The number of para-hydroxylation sites is 4. The van der Waals surface area contributed by atoms with Crippen molar-refractivity contribution in [3.05, 3.63) is 229 Å². The van der Waals surface area contributed by atoms with E-state index in [1.54, 1.807) is 0 Å². The zero-order valence-electron chi connectivity index (χ0n) is 31.2. The molecule has 0 amide bonds. The molecule has 2 heteroatoms. The SMILES string of the molecule is CC1(C)c2cc(C=Cc3ccc(-c4ccc(N(c5ccccc5)c5ccccc5)cc4)cc3)ccc2-c2ccc(N(c3ccccc3)c3ccccc3)cc21. The number of benzene rings is 8. The van der Waals surface area contributed by atoms with E-state index in [1.807, 2.05) is 0 Å². The van der Waals surface area contributed by atoms with Crippen molar-refractivity contribution in [1.29, 1.82) is 0 Å². The van der Waals surface area contributed by atoms with E-state index in [4.69, 9.17) is 0 Å². The summed E-state index contributed by atoms with van der Waals surface area (Å²) < 4.78 is 0. The summed E-state index contributed by atoms with van der Waals surface area (Å²) in [7, 11) is 0. The zero-order chi connectivity index (χ0) is 37.2. The summed E-state index contributed by atoms with van der Waals surface area (Å²) in [4.78, 5) is 4.64. The Kier molecular flexibility index (Phi) is 8.94. The quantitative estimate of drug-likeness (QED) is 0.138. The number of nitrogens with zero attached hydrogens (tertiary/aromatic N) is 2. The lowest BCUT2D eigenvalue weighted by Crippen LogP contribution is -2.16. The number of fused-ring (bicyclic) bond motifs is 3. The van der Waals surface area contributed by atoms with Gasteiger partial charge in [-0.25, -0.2) is 0 Å². The van der Waals surface area contributed by atoms with E-state index < -0.39 is 0 Å². The first kappa shape index (κ1) is 33.9. The number of rotatable bonds is 9. The van der Waals surface area contributed by atoms with E-state index in [-0.39, 0.29) is 5.41 Å². The number of hydrogen-bond acceptors (Lipinski definition) is 2. The van der Waals surface area contributed by atoms with Gasteiger partial charge in [-0.15, -0.1) is 0 Å². The van der Waals surface area contributed by atoms with E-state index in [9.17, 15) is 0 Å². The average Bonchev–Trinajstić information content (AvgIpc) is 3.47. The van der Waals surface area contributed by atoms with Crippen molar-refractivity contribution in [3.8, 4) is 22.3 Å². The molecule has 1 aliphatic carbocycles. The third-order valence-corrected chi connectivity index (χ3v) is 10.8. The smallest absolute Gasteiger partial charge is 0.0465 e. The van der Waals surface area contributed by atoms with E-state index in [2.05, 4.69) is 242 Å². The number of hydrogen-bond donors (Lipinski definition) is 0. The molecule has 0 bridgehead atoms. The van der Waals surface area contributed by atoms with Gasteiger partial charge in [-0.05, 0) is 117 Å². The molecular formula is C53H42N2. The Balaban J connectivity index is 0.940. The topological polar surface area (TPSA) is 6.48 Å². The van der Waals surface area contributed by atoms with Gasteiger partial charge in [0, 0.05) is 39.5 Å². The van der Waals surface area contributed by atoms with E-state index in [0.717, 1.165) is 34.1 Å². The second-order valence-corrected chi connectivity index (χ2v) is 14.7. The molecule has 8 aromatic carbocycles. The first-order valence-electron chi connectivity index (χ1n) is 19.0. The second-order valence-electron chi connectivity index (χ2n) is 14.7. The molecule has 0 N–H and O–H groups in total. The van der Waals surface area contributed by atoms with Crippen LogP contribution in [0, 0.1) is 0 Å². The monoisotopic (exact) mass is 706 g/mol. The van der Waals surface area contributed by atoms with Crippen LogP contribution in [0.1, 0.15) is 36.1 Å². The average molecular weight is 707 g/mol. The molecule has 0 aliphatic heterocycles. The van der Waals surface area contributed by atoms with Gasteiger partial charge in [-0.3, -0.25) is 0 Å².